The van der Waals surface area contributed by atoms with E-state index in [1.807, 2.05) is 6.92 Å². The molecule has 2 aromatic rings. The smallest absolute Gasteiger partial charge is 0.243 e. The highest BCUT2D eigenvalue weighted by molar-refractivity contribution is 5.40. The van der Waals surface area contributed by atoms with Crippen LogP contribution in [-0.4, -0.2) is 20.1 Å². The van der Waals surface area contributed by atoms with Gasteiger partial charge < -0.3 is 10.3 Å². The Bertz CT molecular complexity index is 427. The van der Waals surface area contributed by atoms with Crippen LogP contribution in [0.15, 0.2) is 23.0 Å². The molecule has 1 atom stereocenters. The first kappa shape index (κ1) is 9.72. The van der Waals surface area contributed by atoms with Crippen molar-refractivity contribution in [2.24, 2.45) is 5.73 Å². The van der Waals surface area contributed by atoms with Crippen molar-refractivity contribution in [3.8, 4) is 11.6 Å². The molecule has 2 heterocycles. The van der Waals surface area contributed by atoms with Gasteiger partial charge in [0.05, 0.1) is 6.04 Å². The number of aromatic nitrogens is 4. The molecular formula is C9H11N5O. The average Bonchev–Trinajstić information content (AvgIpc) is 2.78. The summed E-state index contributed by atoms with van der Waals surface area (Å²) in [4.78, 5) is 12.1. The van der Waals surface area contributed by atoms with Gasteiger partial charge in [0.25, 0.3) is 0 Å². The fourth-order valence-corrected chi connectivity index (χ4v) is 1.07. The molecule has 78 valence electrons. The van der Waals surface area contributed by atoms with Crippen LogP contribution < -0.4 is 5.73 Å². The molecule has 0 fully saturated rings. The van der Waals surface area contributed by atoms with E-state index in [0.717, 1.165) is 6.42 Å². The third-order valence-electron chi connectivity index (χ3n) is 1.96. The first-order chi connectivity index (χ1) is 7.31. The van der Waals surface area contributed by atoms with Gasteiger partial charge in [0, 0.05) is 12.4 Å². The first-order valence-corrected chi connectivity index (χ1v) is 4.68. The molecule has 2 rings (SSSR count). The first-order valence-electron chi connectivity index (χ1n) is 4.68. The minimum Gasteiger partial charge on any atom is -0.337 e. The Morgan fingerprint density at radius 3 is 2.73 bits per heavy atom. The molecule has 1 unspecified atom stereocenters. The monoisotopic (exact) mass is 205 g/mol. The molecular weight excluding hydrogens is 194 g/mol. The lowest BCUT2D eigenvalue weighted by Crippen LogP contribution is -2.08. The molecule has 0 saturated carbocycles. The normalized spacial score (nSPS) is 12.7. The predicted octanol–water partition coefficient (Wildman–Crippen LogP) is 0.936. The molecule has 0 radical (unpaired) electrons. The summed E-state index contributed by atoms with van der Waals surface area (Å²) in [5, 5.41) is 3.76. The average molecular weight is 205 g/mol. The molecule has 6 heteroatoms. The van der Waals surface area contributed by atoms with Gasteiger partial charge in [0.2, 0.25) is 17.5 Å². The molecule has 0 bridgehead atoms. The van der Waals surface area contributed by atoms with E-state index in [2.05, 4.69) is 20.1 Å². The Morgan fingerprint density at radius 2 is 2.07 bits per heavy atom. The summed E-state index contributed by atoms with van der Waals surface area (Å²) >= 11 is 0. The van der Waals surface area contributed by atoms with Crippen molar-refractivity contribution in [1.29, 1.82) is 0 Å². The number of hydrogen-bond acceptors (Lipinski definition) is 6. The second-order valence-corrected chi connectivity index (χ2v) is 3.04. The maximum atomic E-state index is 5.75. The molecule has 6 nitrogen and oxygen atoms in total. The van der Waals surface area contributed by atoms with E-state index in [0.29, 0.717) is 17.5 Å². The van der Waals surface area contributed by atoms with Crippen molar-refractivity contribution in [2.75, 3.05) is 0 Å². The highest BCUT2D eigenvalue weighted by Crippen LogP contribution is 2.15. The fourth-order valence-electron chi connectivity index (χ4n) is 1.07. The quantitative estimate of drug-likeness (QED) is 0.801. The van der Waals surface area contributed by atoms with Crippen molar-refractivity contribution < 1.29 is 4.52 Å². The standard InChI is InChI=1S/C9H11N5O/c1-2-6(10)9-13-8(14-15-9)7-11-4-3-5-12-7/h3-6H,2,10H2,1H3. The van der Waals surface area contributed by atoms with Crippen LogP contribution in [0.5, 0.6) is 0 Å². The summed E-state index contributed by atoms with van der Waals surface area (Å²) in [6.45, 7) is 1.95. The van der Waals surface area contributed by atoms with Crippen LogP contribution >= 0.6 is 0 Å². The van der Waals surface area contributed by atoms with Crippen LogP contribution in [0, 0.1) is 0 Å². The number of rotatable bonds is 3. The summed E-state index contributed by atoms with van der Waals surface area (Å²) in [5.74, 6) is 1.23. The van der Waals surface area contributed by atoms with Gasteiger partial charge in [0.15, 0.2) is 0 Å². The number of nitrogens with zero attached hydrogens (tertiary/aromatic N) is 4. The molecule has 0 aliphatic heterocycles. The van der Waals surface area contributed by atoms with Crippen molar-refractivity contribution in [3.63, 3.8) is 0 Å². The lowest BCUT2D eigenvalue weighted by Gasteiger charge is -1.98. The lowest BCUT2D eigenvalue weighted by atomic mass is 10.2. The van der Waals surface area contributed by atoms with Crippen LogP contribution in [-0.2, 0) is 0 Å². The summed E-state index contributed by atoms with van der Waals surface area (Å²) in [6, 6.07) is 1.50. The van der Waals surface area contributed by atoms with Gasteiger partial charge in [-0.05, 0) is 12.5 Å². The maximum Gasteiger partial charge on any atom is 0.243 e. The molecule has 0 saturated heterocycles. The van der Waals surface area contributed by atoms with E-state index in [1.54, 1.807) is 18.5 Å². The van der Waals surface area contributed by atoms with Crippen LogP contribution in [0.3, 0.4) is 0 Å². The summed E-state index contributed by atoms with van der Waals surface area (Å²) in [5.41, 5.74) is 5.75. The van der Waals surface area contributed by atoms with Crippen molar-refractivity contribution in [2.45, 2.75) is 19.4 Å². The van der Waals surface area contributed by atoms with Crippen molar-refractivity contribution >= 4 is 0 Å². The highest BCUT2D eigenvalue weighted by atomic mass is 16.5. The Kier molecular flexibility index (Phi) is 2.68. The molecule has 0 aromatic carbocycles. The number of nitrogens with two attached hydrogens (primary N) is 1. The van der Waals surface area contributed by atoms with Gasteiger partial charge in [0.1, 0.15) is 0 Å². The van der Waals surface area contributed by atoms with Crippen LogP contribution in [0.1, 0.15) is 25.3 Å². The molecule has 0 amide bonds. The van der Waals surface area contributed by atoms with Crippen LogP contribution in [0.2, 0.25) is 0 Å². The van der Waals surface area contributed by atoms with Gasteiger partial charge in [-0.15, -0.1) is 0 Å². The van der Waals surface area contributed by atoms with E-state index in [4.69, 9.17) is 10.3 Å². The van der Waals surface area contributed by atoms with Crippen molar-refractivity contribution in [1.82, 2.24) is 20.1 Å². The van der Waals surface area contributed by atoms with Gasteiger partial charge in [-0.2, -0.15) is 4.98 Å². The third-order valence-corrected chi connectivity index (χ3v) is 1.96. The zero-order chi connectivity index (χ0) is 10.7. The van der Waals surface area contributed by atoms with Gasteiger partial charge in [-0.25, -0.2) is 9.97 Å². The Balaban J connectivity index is 2.28. The zero-order valence-electron chi connectivity index (χ0n) is 8.29. The molecule has 0 aliphatic carbocycles. The zero-order valence-corrected chi connectivity index (χ0v) is 8.29. The molecule has 15 heavy (non-hydrogen) atoms. The third kappa shape index (κ3) is 1.99. The Labute approximate surface area is 86.5 Å². The van der Waals surface area contributed by atoms with Gasteiger partial charge in [-0.1, -0.05) is 12.1 Å². The van der Waals surface area contributed by atoms with Gasteiger partial charge >= 0.3 is 0 Å². The number of hydrogen-bond donors (Lipinski definition) is 1. The van der Waals surface area contributed by atoms with E-state index in [9.17, 15) is 0 Å². The second kappa shape index (κ2) is 4.14. The Morgan fingerprint density at radius 1 is 1.33 bits per heavy atom. The summed E-state index contributed by atoms with van der Waals surface area (Å²) < 4.78 is 5.01. The van der Waals surface area contributed by atoms with E-state index < -0.39 is 0 Å². The molecule has 2 N–H and O–H groups in total. The summed E-state index contributed by atoms with van der Waals surface area (Å²) in [6.07, 6.45) is 3.99. The largest absolute Gasteiger partial charge is 0.337 e. The second-order valence-electron chi connectivity index (χ2n) is 3.04. The highest BCUT2D eigenvalue weighted by Gasteiger charge is 2.14. The van der Waals surface area contributed by atoms with Crippen LogP contribution in [0.4, 0.5) is 0 Å². The van der Waals surface area contributed by atoms with E-state index in [-0.39, 0.29) is 6.04 Å². The minimum atomic E-state index is -0.227. The van der Waals surface area contributed by atoms with E-state index in [1.165, 1.54) is 0 Å². The molecule has 2 aromatic heterocycles. The van der Waals surface area contributed by atoms with Gasteiger partial charge in [-0.3, -0.25) is 0 Å². The van der Waals surface area contributed by atoms with Crippen LogP contribution in [0.25, 0.3) is 11.6 Å². The predicted molar refractivity (Wildman–Crippen MR) is 52.5 cm³/mol. The topological polar surface area (TPSA) is 90.7 Å². The maximum absolute atomic E-state index is 5.75. The van der Waals surface area contributed by atoms with E-state index >= 15 is 0 Å². The van der Waals surface area contributed by atoms with Crippen molar-refractivity contribution in [3.05, 3.63) is 24.4 Å². The fraction of sp³-hybridized carbons (Fsp3) is 0.333. The summed E-state index contributed by atoms with van der Waals surface area (Å²) in [7, 11) is 0. The molecule has 0 aliphatic rings. The lowest BCUT2D eigenvalue weighted by molar-refractivity contribution is 0.352. The SMILES string of the molecule is CCC(N)c1nc(-c2ncccn2)no1. The molecule has 0 spiro atoms. The Hall–Kier alpha value is -1.82. The minimum absolute atomic E-state index is 0.227.